The highest BCUT2D eigenvalue weighted by Gasteiger charge is 2.09. The first kappa shape index (κ1) is 14.5. The molecular formula is C15H15N5OS. The first-order chi connectivity index (χ1) is 10.6. The summed E-state index contributed by atoms with van der Waals surface area (Å²) in [4.78, 5) is 27.4. The fourth-order valence-electron chi connectivity index (χ4n) is 2.23. The van der Waals surface area contributed by atoms with Crippen molar-refractivity contribution in [1.82, 2.24) is 19.9 Å². The predicted molar refractivity (Wildman–Crippen MR) is 87.0 cm³/mol. The van der Waals surface area contributed by atoms with Crippen molar-refractivity contribution in [3.8, 4) is 0 Å². The molecular weight excluding hydrogens is 298 g/mol. The summed E-state index contributed by atoms with van der Waals surface area (Å²) in [5.41, 5.74) is 4.42. The largest absolute Gasteiger partial charge is 0.341 e. The molecule has 0 saturated heterocycles. The number of rotatable bonds is 4. The molecule has 0 aliphatic rings. The number of nitrogens with zero attached hydrogens (tertiary/aromatic N) is 3. The van der Waals surface area contributed by atoms with Crippen LogP contribution in [0.25, 0.3) is 11.2 Å². The van der Waals surface area contributed by atoms with Crippen LogP contribution in [0.5, 0.6) is 0 Å². The first-order valence-corrected chi connectivity index (χ1v) is 7.75. The second-order valence-corrected chi connectivity index (χ2v) is 5.96. The molecule has 3 rings (SSSR count). The van der Waals surface area contributed by atoms with Crippen LogP contribution < -0.4 is 5.32 Å². The van der Waals surface area contributed by atoms with Gasteiger partial charge in [0.2, 0.25) is 5.91 Å². The van der Waals surface area contributed by atoms with Gasteiger partial charge < -0.3 is 10.3 Å². The zero-order valence-electron chi connectivity index (χ0n) is 12.3. The number of anilines is 1. The van der Waals surface area contributed by atoms with E-state index in [0.29, 0.717) is 5.65 Å². The molecule has 0 bridgehead atoms. The number of hydrogen-bond donors (Lipinski definition) is 2. The first-order valence-electron chi connectivity index (χ1n) is 6.77. The number of amides is 1. The lowest BCUT2D eigenvalue weighted by molar-refractivity contribution is -0.113. The molecule has 7 heteroatoms. The fourth-order valence-corrected chi connectivity index (χ4v) is 2.99. The molecule has 0 unspecified atom stereocenters. The van der Waals surface area contributed by atoms with Gasteiger partial charge in [-0.05, 0) is 37.1 Å². The summed E-state index contributed by atoms with van der Waals surface area (Å²) in [7, 11) is 0. The minimum absolute atomic E-state index is 0.0683. The summed E-state index contributed by atoms with van der Waals surface area (Å²) < 4.78 is 0. The van der Waals surface area contributed by atoms with E-state index < -0.39 is 0 Å². The molecule has 0 atom stereocenters. The number of nitrogens with one attached hydrogen (secondary N) is 2. The van der Waals surface area contributed by atoms with Gasteiger partial charge in [0.1, 0.15) is 16.9 Å². The Morgan fingerprint density at radius 1 is 1.18 bits per heavy atom. The number of aromatic nitrogens is 4. The third-order valence-electron chi connectivity index (χ3n) is 3.03. The summed E-state index contributed by atoms with van der Waals surface area (Å²) >= 11 is 1.36. The van der Waals surface area contributed by atoms with Crippen molar-refractivity contribution in [2.75, 3.05) is 11.1 Å². The Hall–Kier alpha value is -2.41. The Morgan fingerprint density at radius 2 is 1.95 bits per heavy atom. The highest BCUT2D eigenvalue weighted by molar-refractivity contribution is 8.00. The normalized spacial score (nSPS) is 10.8. The lowest BCUT2D eigenvalue weighted by Crippen LogP contribution is -2.14. The van der Waals surface area contributed by atoms with E-state index in [0.717, 1.165) is 27.4 Å². The van der Waals surface area contributed by atoms with Gasteiger partial charge in [0.15, 0.2) is 5.65 Å². The second kappa shape index (κ2) is 6.15. The van der Waals surface area contributed by atoms with E-state index in [2.05, 4.69) is 31.3 Å². The molecule has 2 N–H and O–H groups in total. The highest BCUT2D eigenvalue weighted by Crippen LogP contribution is 2.22. The zero-order valence-corrected chi connectivity index (χ0v) is 13.1. The van der Waals surface area contributed by atoms with Crippen LogP contribution in [0.2, 0.25) is 0 Å². The van der Waals surface area contributed by atoms with Gasteiger partial charge in [-0.2, -0.15) is 0 Å². The van der Waals surface area contributed by atoms with E-state index in [1.807, 2.05) is 26.0 Å². The van der Waals surface area contributed by atoms with Crippen LogP contribution in [0.1, 0.15) is 11.1 Å². The van der Waals surface area contributed by atoms with Crippen molar-refractivity contribution in [2.24, 2.45) is 0 Å². The monoisotopic (exact) mass is 313 g/mol. The van der Waals surface area contributed by atoms with Crippen molar-refractivity contribution in [1.29, 1.82) is 0 Å². The Bertz CT molecular complexity index is 809. The minimum atomic E-state index is -0.0683. The van der Waals surface area contributed by atoms with Crippen LogP contribution in [0.15, 0.2) is 35.9 Å². The molecule has 22 heavy (non-hydrogen) atoms. The van der Waals surface area contributed by atoms with E-state index >= 15 is 0 Å². The van der Waals surface area contributed by atoms with Gasteiger partial charge in [-0.1, -0.05) is 17.8 Å². The SMILES string of the molecule is Cc1cc(C)cc(NC(=O)CSc2ncnc3nc[nH]c23)c1. The van der Waals surface area contributed by atoms with Gasteiger partial charge in [-0.25, -0.2) is 15.0 Å². The van der Waals surface area contributed by atoms with Gasteiger partial charge in [0.05, 0.1) is 12.1 Å². The molecule has 0 saturated carbocycles. The number of aromatic amines is 1. The number of thioether (sulfide) groups is 1. The number of H-pyrrole nitrogens is 1. The Balaban J connectivity index is 1.66. The van der Waals surface area contributed by atoms with Gasteiger partial charge in [-0.3, -0.25) is 4.79 Å². The molecule has 0 fully saturated rings. The van der Waals surface area contributed by atoms with Crippen molar-refractivity contribution < 1.29 is 4.79 Å². The Kier molecular flexibility index (Phi) is 4.06. The number of fused-ring (bicyclic) bond motifs is 1. The van der Waals surface area contributed by atoms with Crippen molar-refractivity contribution in [3.63, 3.8) is 0 Å². The number of aryl methyl sites for hydroxylation is 2. The van der Waals surface area contributed by atoms with Crippen LogP contribution >= 0.6 is 11.8 Å². The van der Waals surface area contributed by atoms with Crippen LogP contribution in [-0.4, -0.2) is 31.6 Å². The third-order valence-corrected chi connectivity index (χ3v) is 4.02. The predicted octanol–water partition coefficient (Wildman–Crippen LogP) is 2.70. The molecule has 1 amide bonds. The van der Waals surface area contributed by atoms with E-state index in [9.17, 15) is 4.79 Å². The van der Waals surface area contributed by atoms with Gasteiger partial charge in [-0.15, -0.1) is 0 Å². The van der Waals surface area contributed by atoms with Crippen LogP contribution in [0, 0.1) is 13.8 Å². The number of carbonyl (C=O) groups is 1. The molecule has 1 aromatic carbocycles. The van der Waals surface area contributed by atoms with E-state index in [1.54, 1.807) is 6.33 Å². The summed E-state index contributed by atoms with van der Waals surface area (Å²) in [6.07, 6.45) is 3.02. The number of imidazole rings is 1. The molecule has 2 aromatic heterocycles. The standard InChI is InChI=1S/C15H15N5OS/c1-9-3-10(2)5-11(4-9)20-12(21)6-22-15-13-14(17-7-16-13)18-8-19-15/h3-5,7-8H,6H2,1-2H3,(H,20,21)(H,16,17,18,19). The lowest BCUT2D eigenvalue weighted by Gasteiger charge is -2.07. The average Bonchev–Trinajstić information content (AvgIpc) is 2.92. The maximum atomic E-state index is 12.1. The Labute approximate surface area is 131 Å². The average molecular weight is 313 g/mol. The van der Waals surface area contributed by atoms with E-state index in [1.165, 1.54) is 18.1 Å². The van der Waals surface area contributed by atoms with Crippen LogP contribution in [0.4, 0.5) is 5.69 Å². The third kappa shape index (κ3) is 3.25. The second-order valence-electron chi connectivity index (χ2n) is 4.99. The molecule has 6 nitrogen and oxygen atoms in total. The number of hydrogen-bond acceptors (Lipinski definition) is 5. The van der Waals surface area contributed by atoms with Crippen molar-refractivity contribution in [3.05, 3.63) is 42.0 Å². The maximum Gasteiger partial charge on any atom is 0.234 e. The number of benzene rings is 1. The van der Waals surface area contributed by atoms with Crippen molar-refractivity contribution >= 4 is 34.5 Å². The van der Waals surface area contributed by atoms with Gasteiger partial charge >= 0.3 is 0 Å². The summed E-state index contributed by atoms with van der Waals surface area (Å²) in [5, 5.41) is 3.63. The van der Waals surface area contributed by atoms with Gasteiger partial charge in [0.25, 0.3) is 0 Å². The summed E-state index contributed by atoms with van der Waals surface area (Å²) in [6, 6.07) is 5.97. The molecule has 0 spiro atoms. The zero-order chi connectivity index (χ0) is 15.5. The molecule has 3 aromatic rings. The highest BCUT2D eigenvalue weighted by atomic mass is 32.2. The van der Waals surface area contributed by atoms with E-state index in [4.69, 9.17) is 0 Å². The summed E-state index contributed by atoms with van der Waals surface area (Å²) in [5.74, 6) is 0.208. The van der Waals surface area contributed by atoms with Crippen molar-refractivity contribution in [2.45, 2.75) is 18.9 Å². The molecule has 0 aliphatic heterocycles. The van der Waals surface area contributed by atoms with Gasteiger partial charge in [0, 0.05) is 5.69 Å². The van der Waals surface area contributed by atoms with Crippen LogP contribution in [-0.2, 0) is 4.79 Å². The molecule has 0 aliphatic carbocycles. The topological polar surface area (TPSA) is 83.6 Å². The Morgan fingerprint density at radius 3 is 2.73 bits per heavy atom. The van der Waals surface area contributed by atoms with Crippen LogP contribution in [0.3, 0.4) is 0 Å². The fraction of sp³-hybridized carbons (Fsp3) is 0.200. The number of carbonyl (C=O) groups excluding carboxylic acids is 1. The maximum absolute atomic E-state index is 12.1. The van der Waals surface area contributed by atoms with E-state index in [-0.39, 0.29) is 11.7 Å². The lowest BCUT2D eigenvalue weighted by atomic mass is 10.1. The molecule has 2 heterocycles. The summed E-state index contributed by atoms with van der Waals surface area (Å²) in [6.45, 7) is 4.01. The molecule has 0 radical (unpaired) electrons. The smallest absolute Gasteiger partial charge is 0.234 e. The molecule has 112 valence electrons. The quantitative estimate of drug-likeness (QED) is 0.571. The minimum Gasteiger partial charge on any atom is -0.341 e.